The number of anilines is 1. The summed E-state index contributed by atoms with van der Waals surface area (Å²) in [5.74, 6) is 1.20. The van der Waals surface area contributed by atoms with Gasteiger partial charge in [-0.05, 0) is 62.4 Å². The van der Waals surface area contributed by atoms with Gasteiger partial charge in [-0.25, -0.2) is 0 Å². The van der Waals surface area contributed by atoms with Gasteiger partial charge in [-0.2, -0.15) is 0 Å². The van der Waals surface area contributed by atoms with Crippen molar-refractivity contribution in [2.24, 2.45) is 5.92 Å². The standard InChI is InChI=1S/C28H37N3O3/c1-21(31-18-16-25(17-19-31)30-28(33)23-10-6-3-7-11-23)27(32)29-24-12-14-26(15-13-24)34-20-22-8-4-2-5-9-22/h2,4-5,8-9,12-15,21,23,25H,3,6-7,10-11,16-20H2,1H3,(H,29,32)(H,30,33). The molecular weight excluding hydrogens is 426 g/mol. The number of carbonyl (C=O) groups excluding carboxylic acids is 2. The van der Waals surface area contributed by atoms with Gasteiger partial charge < -0.3 is 15.4 Å². The highest BCUT2D eigenvalue weighted by atomic mass is 16.5. The van der Waals surface area contributed by atoms with Crippen LogP contribution >= 0.6 is 0 Å². The van der Waals surface area contributed by atoms with E-state index in [1.165, 1.54) is 19.3 Å². The van der Waals surface area contributed by atoms with Crippen molar-refractivity contribution in [2.45, 2.75) is 70.6 Å². The highest BCUT2D eigenvalue weighted by Crippen LogP contribution is 2.24. The van der Waals surface area contributed by atoms with E-state index in [4.69, 9.17) is 4.74 Å². The van der Waals surface area contributed by atoms with E-state index in [0.29, 0.717) is 6.61 Å². The number of hydrogen-bond acceptors (Lipinski definition) is 4. The van der Waals surface area contributed by atoms with Gasteiger partial charge >= 0.3 is 0 Å². The van der Waals surface area contributed by atoms with Crippen LogP contribution in [0.15, 0.2) is 54.6 Å². The number of hydrogen-bond donors (Lipinski definition) is 2. The lowest BCUT2D eigenvalue weighted by Crippen LogP contribution is -2.51. The highest BCUT2D eigenvalue weighted by Gasteiger charge is 2.29. The lowest BCUT2D eigenvalue weighted by Gasteiger charge is -2.36. The fraction of sp³-hybridized carbons (Fsp3) is 0.500. The maximum absolute atomic E-state index is 12.8. The van der Waals surface area contributed by atoms with E-state index < -0.39 is 0 Å². The Morgan fingerprint density at radius 3 is 2.29 bits per heavy atom. The molecule has 0 bridgehead atoms. The minimum Gasteiger partial charge on any atom is -0.489 e. The van der Waals surface area contributed by atoms with E-state index >= 15 is 0 Å². The van der Waals surface area contributed by atoms with Crippen molar-refractivity contribution < 1.29 is 14.3 Å². The Hall–Kier alpha value is -2.86. The number of benzene rings is 2. The van der Waals surface area contributed by atoms with Crippen LogP contribution in [0, 0.1) is 5.92 Å². The Labute approximate surface area is 203 Å². The Bertz CT molecular complexity index is 918. The lowest BCUT2D eigenvalue weighted by molar-refractivity contribution is -0.127. The van der Waals surface area contributed by atoms with Crippen LogP contribution in [-0.2, 0) is 16.2 Å². The first kappa shape index (κ1) is 24.3. The molecule has 2 aromatic carbocycles. The number of carbonyl (C=O) groups is 2. The molecule has 2 amide bonds. The monoisotopic (exact) mass is 463 g/mol. The van der Waals surface area contributed by atoms with Crippen LogP contribution in [-0.4, -0.2) is 41.9 Å². The zero-order valence-corrected chi connectivity index (χ0v) is 20.2. The summed E-state index contributed by atoms with van der Waals surface area (Å²) in [7, 11) is 0. The molecule has 0 aromatic heterocycles. The van der Waals surface area contributed by atoms with Gasteiger partial charge in [0.25, 0.3) is 0 Å². The van der Waals surface area contributed by atoms with Gasteiger partial charge in [0.1, 0.15) is 12.4 Å². The van der Waals surface area contributed by atoms with E-state index in [9.17, 15) is 9.59 Å². The maximum Gasteiger partial charge on any atom is 0.241 e. The van der Waals surface area contributed by atoms with Gasteiger partial charge in [0.2, 0.25) is 11.8 Å². The van der Waals surface area contributed by atoms with Crippen LogP contribution in [0.5, 0.6) is 5.75 Å². The zero-order valence-electron chi connectivity index (χ0n) is 20.2. The maximum atomic E-state index is 12.8. The number of ether oxygens (including phenoxy) is 1. The molecule has 6 nitrogen and oxygen atoms in total. The first-order chi connectivity index (χ1) is 16.6. The van der Waals surface area contributed by atoms with E-state index in [2.05, 4.69) is 15.5 Å². The second-order valence-corrected chi connectivity index (χ2v) is 9.62. The minimum absolute atomic E-state index is 0.0114. The third-order valence-corrected chi connectivity index (χ3v) is 7.15. The van der Waals surface area contributed by atoms with Gasteiger partial charge in [0.05, 0.1) is 6.04 Å². The second kappa shape index (κ2) is 12.0. The SMILES string of the molecule is CC(C(=O)Nc1ccc(OCc2ccccc2)cc1)N1CCC(NC(=O)C2CCCCC2)CC1. The number of likely N-dealkylation sites (tertiary alicyclic amines) is 1. The Kier molecular flexibility index (Phi) is 8.58. The van der Waals surface area contributed by atoms with Crippen LogP contribution in [0.25, 0.3) is 0 Å². The average molecular weight is 464 g/mol. The quantitative estimate of drug-likeness (QED) is 0.593. The van der Waals surface area contributed by atoms with Crippen molar-refractivity contribution in [3.05, 3.63) is 60.2 Å². The van der Waals surface area contributed by atoms with Crippen molar-refractivity contribution >= 4 is 17.5 Å². The zero-order chi connectivity index (χ0) is 23.8. The summed E-state index contributed by atoms with van der Waals surface area (Å²) >= 11 is 0. The summed E-state index contributed by atoms with van der Waals surface area (Å²) in [6.07, 6.45) is 7.45. The molecule has 1 atom stereocenters. The average Bonchev–Trinajstić information content (AvgIpc) is 2.89. The third kappa shape index (κ3) is 6.83. The molecule has 2 aliphatic rings. The minimum atomic E-state index is -0.219. The molecule has 0 spiro atoms. The predicted octanol–water partition coefficient (Wildman–Crippen LogP) is 4.75. The fourth-order valence-corrected chi connectivity index (χ4v) is 4.90. The Balaban J connectivity index is 1.19. The summed E-state index contributed by atoms with van der Waals surface area (Å²) in [5.41, 5.74) is 1.88. The lowest BCUT2D eigenvalue weighted by atomic mass is 9.88. The van der Waals surface area contributed by atoms with Crippen LogP contribution < -0.4 is 15.4 Å². The second-order valence-electron chi connectivity index (χ2n) is 9.62. The molecule has 34 heavy (non-hydrogen) atoms. The number of nitrogens with one attached hydrogen (secondary N) is 2. The fourth-order valence-electron chi connectivity index (χ4n) is 4.90. The number of piperidine rings is 1. The molecule has 4 rings (SSSR count). The van der Waals surface area contributed by atoms with Crippen molar-refractivity contribution in [1.82, 2.24) is 10.2 Å². The molecule has 182 valence electrons. The highest BCUT2D eigenvalue weighted by molar-refractivity contribution is 5.94. The number of amides is 2. The molecule has 2 N–H and O–H groups in total. The van der Waals surface area contributed by atoms with E-state index in [0.717, 1.165) is 55.8 Å². The molecule has 1 saturated carbocycles. The van der Waals surface area contributed by atoms with E-state index in [1.807, 2.05) is 61.5 Å². The van der Waals surface area contributed by atoms with Crippen LogP contribution in [0.1, 0.15) is 57.4 Å². The van der Waals surface area contributed by atoms with E-state index in [-0.39, 0.29) is 29.8 Å². The predicted molar refractivity (Wildman–Crippen MR) is 135 cm³/mol. The molecular formula is C28H37N3O3. The summed E-state index contributed by atoms with van der Waals surface area (Å²) < 4.78 is 5.82. The third-order valence-electron chi connectivity index (χ3n) is 7.15. The normalized spacial score (nSPS) is 18.7. The van der Waals surface area contributed by atoms with Gasteiger partial charge in [-0.15, -0.1) is 0 Å². The van der Waals surface area contributed by atoms with Crippen LogP contribution in [0.2, 0.25) is 0 Å². The molecule has 0 radical (unpaired) electrons. The largest absolute Gasteiger partial charge is 0.489 e. The Morgan fingerprint density at radius 2 is 1.62 bits per heavy atom. The molecule has 1 saturated heterocycles. The van der Waals surface area contributed by atoms with Gasteiger partial charge in [-0.3, -0.25) is 14.5 Å². The molecule has 6 heteroatoms. The molecule has 1 aliphatic heterocycles. The topological polar surface area (TPSA) is 70.7 Å². The molecule has 2 aromatic rings. The molecule has 2 fully saturated rings. The van der Waals surface area contributed by atoms with Gasteiger partial charge in [0.15, 0.2) is 0 Å². The smallest absolute Gasteiger partial charge is 0.241 e. The molecule has 1 heterocycles. The molecule has 1 aliphatic carbocycles. The summed E-state index contributed by atoms with van der Waals surface area (Å²) in [4.78, 5) is 27.6. The first-order valence-corrected chi connectivity index (χ1v) is 12.7. The van der Waals surface area contributed by atoms with Crippen molar-refractivity contribution in [3.8, 4) is 5.75 Å². The van der Waals surface area contributed by atoms with Gasteiger partial charge in [-0.1, -0.05) is 49.6 Å². The molecule has 1 unspecified atom stereocenters. The summed E-state index contributed by atoms with van der Waals surface area (Å²) in [5, 5.41) is 6.29. The Morgan fingerprint density at radius 1 is 0.941 bits per heavy atom. The van der Waals surface area contributed by atoms with Crippen molar-refractivity contribution in [3.63, 3.8) is 0 Å². The number of rotatable bonds is 8. The summed E-state index contributed by atoms with van der Waals surface area (Å²) in [6.45, 7) is 4.10. The first-order valence-electron chi connectivity index (χ1n) is 12.7. The van der Waals surface area contributed by atoms with E-state index in [1.54, 1.807) is 0 Å². The van der Waals surface area contributed by atoms with Crippen molar-refractivity contribution in [1.29, 1.82) is 0 Å². The van der Waals surface area contributed by atoms with Crippen LogP contribution in [0.3, 0.4) is 0 Å². The van der Waals surface area contributed by atoms with Crippen LogP contribution in [0.4, 0.5) is 5.69 Å². The van der Waals surface area contributed by atoms with Gasteiger partial charge in [0, 0.05) is 30.7 Å². The summed E-state index contributed by atoms with van der Waals surface area (Å²) in [6, 6.07) is 17.5. The van der Waals surface area contributed by atoms with Crippen molar-refractivity contribution in [2.75, 3.05) is 18.4 Å². The number of nitrogens with zero attached hydrogens (tertiary/aromatic N) is 1.